The molecule has 0 saturated carbocycles. The number of carbonyl (C=O) groups is 2. The van der Waals surface area contributed by atoms with Crippen LogP contribution in [0.2, 0.25) is 0 Å². The van der Waals surface area contributed by atoms with Crippen LogP contribution in [-0.2, 0) is 19.4 Å². The molecule has 0 radical (unpaired) electrons. The zero-order valence-electron chi connectivity index (χ0n) is 8.63. The van der Waals surface area contributed by atoms with Gasteiger partial charge in [-0.3, -0.25) is 9.59 Å². The minimum Gasteiger partial charge on any atom is -0.481 e. The average molecular weight is 250 g/mol. The van der Waals surface area contributed by atoms with Crippen LogP contribution in [-0.4, -0.2) is 60.9 Å². The molecular weight excluding hydrogens is 236 g/mol. The SMILES string of the molecule is N[C@@H](CC(=O)O)C(=O)N1CCS(=O)(=O)CC1. The molecule has 8 heteroatoms. The van der Waals surface area contributed by atoms with Gasteiger partial charge in [0.1, 0.15) is 0 Å². The summed E-state index contributed by atoms with van der Waals surface area (Å²) in [5.74, 6) is -1.82. The number of nitrogens with zero attached hydrogens (tertiary/aromatic N) is 1. The van der Waals surface area contributed by atoms with Crippen LogP contribution in [0.5, 0.6) is 0 Å². The highest BCUT2D eigenvalue weighted by atomic mass is 32.2. The third-order valence-electron chi connectivity index (χ3n) is 2.37. The second-order valence-electron chi connectivity index (χ2n) is 3.68. The van der Waals surface area contributed by atoms with Gasteiger partial charge in [0.2, 0.25) is 5.91 Å². The highest BCUT2D eigenvalue weighted by Gasteiger charge is 2.28. The molecule has 1 heterocycles. The van der Waals surface area contributed by atoms with E-state index in [1.165, 1.54) is 4.90 Å². The van der Waals surface area contributed by atoms with Crippen LogP contribution < -0.4 is 5.73 Å². The summed E-state index contributed by atoms with van der Waals surface area (Å²) in [4.78, 5) is 23.2. The van der Waals surface area contributed by atoms with Gasteiger partial charge in [-0.15, -0.1) is 0 Å². The number of hydrogen-bond acceptors (Lipinski definition) is 5. The maximum atomic E-state index is 11.6. The molecule has 3 N–H and O–H groups in total. The fourth-order valence-corrected chi connectivity index (χ4v) is 2.64. The maximum absolute atomic E-state index is 11.6. The van der Waals surface area contributed by atoms with Gasteiger partial charge in [-0.25, -0.2) is 8.42 Å². The van der Waals surface area contributed by atoms with E-state index in [0.717, 1.165) is 0 Å². The van der Waals surface area contributed by atoms with Crippen molar-refractivity contribution in [3.8, 4) is 0 Å². The van der Waals surface area contributed by atoms with Crippen LogP contribution in [0.4, 0.5) is 0 Å². The Morgan fingerprint density at radius 2 is 1.81 bits per heavy atom. The predicted octanol–water partition coefficient (Wildman–Crippen LogP) is -1.95. The van der Waals surface area contributed by atoms with Crippen molar-refractivity contribution in [2.24, 2.45) is 5.73 Å². The summed E-state index contributed by atoms with van der Waals surface area (Å²) in [5.41, 5.74) is 5.40. The van der Waals surface area contributed by atoms with E-state index in [0.29, 0.717) is 0 Å². The zero-order chi connectivity index (χ0) is 12.3. The van der Waals surface area contributed by atoms with E-state index in [-0.39, 0.29) is 24.6 Å². The Balaban J connectivity index is 2.53. The van der Waals surface area contributed by atoms with Gasteiger partial charge in [-0.1, -0.05) is 0 Å². The van der Waals surface area contributed by atoms with Crippen molar-refractivity contribution >= 4 is 21.7 Å². The Morgan fingerprint density at radius 3 is 2.25 bits per heavy atom. The van der Waals surface area contributed by atoms with E-state index < -0.39 is 34.2 Å². The fourth-order valence-electron chi connectivity index (χ4n) is 1.44. The third kappa shape index (κ3) is 3.46. The minimum atomic E-state index is -3.05. The molecule has 92 valence electrons. The van der Waals surface area contributed by atoms with Gasteiger partial charge >= 0.3 is 5.97 Å². The molecule has 0 spiro atoms. The van der Waals surface area contributed by atoms with E-state index in [2.05, 4.69) is 0 Å². The molecule has 16 heavy (non-hydrogen) atoms. The Morgan fingerprint density at radius 1 is 1.31 bits per heavy atom. The minimum absolute atomic E-state index is 0.0848. The summed E-state index contributed by atoms with van der Waals surface area (Å²) in [7, 11) is -3.05. The summed E-state index contributed by atoms with van der Waals surface area (Å²) in [6.07, 6.45) is -0.442. The Labute approximate surface area is 93.1 Å². The van der Waals surface area contributed by atoms with E-state index in [4.69, 9.17) is 10.8 Å². The summed E-state index contributed by atoms with van der Waals surface area (Å²) in [6.45, 7) is 0.184. The Kier molecular flexibility index (Phi) is 3.87. The molecule has 1 amide bonds. The quantitative estimate of drug-likeness (QED) is 0.601. The van der Waals surface area contributed by atoms with Crippen molar-refractivity contribution < 1.29 is 23.1 Å². The first kappa shape index (κ1) is 12.9. The molecule has 0 aromatic carbocycles. The first-order valence-electron chi connectivity index (χ1n) is 4.78. The van der Waals surface area contributed by atoms with Gasteiger partial charge < -0.3 is 15.7 Å². The van der Waals surface area contributed by atoms with Crippen LogP contribution in [0.3, 0.4) is 0 Å². The standard InChI is InChI=1S/C8H14N2O5S/c9-6(5-7(11)12)8(13)10-1-3-16(14,15)4-2-10/h6H,1-5,9H2,(H,11,12)/t6-/m0/s1. The summed E-state index contributed by atoms with van der Waals surface area (Å²) in [5, 5.41) is 8.47. The number of carboxylic acids is 1. The first-order valence-corrected chi connectivity index (χ1v) is 6.60. The number of carbonyl (C=O) groups excluding carboxylic acids is 1. The molecule has 0 aromatic rings. The first-order chi connectivity index (χ1) is 7.32. The second kappa shape index (κ2) is 4.79. The Hall–Kier alpha value is -1.15. The van der Waals surface area contributed by atoms with Crippen molar-refractivity contribution in [2.45, 2.75) is 12.5 Å². The highest BCUT2D eigenvalue weighted by molar-refractivity contribution is 7.91. The molecule has 1 fully saturated rings. The van der Waals surface area contributed by atoms with Gasteiger partial charge in [-0.05, 0) is 0 Å². The highest BCUT2D eigenvalue weighted by Crippen LogP contribution is 2.06. The number of aliphatic carboxylic acids is 1. The van der Waals surface area contributed by atoms with Gasteiger partial charge in [0.05, 0.1) is 24.0 Å². The van der Waals surface area contributed by atoms with E-state index >= 15 is 0 Å². The van der Waals surface area contributed by atoms with Crippen LogP contribution in [0.1, 0.15) is 6.42 Å². The largest absolute Gasteiger partial charge is 0.481 e. The van der Waals surface area contributed by atoms with Crippen LogP contribution in [0, 0.1) is 0 Å². The summed E-state index contributed by atoms with van der Waals surface area (Å²) < 4.78 is 22.2. The van der Waals surface area contributed by atoms with E-state index in [9.17, 15) is 18.0 Å². The zero-order valence-corrected chi connectivity index (χ0v) is 9.44. The number of hydrogen-bond donors (Lipinski definition) is 2. The lowest BCUT2D eigenvalue weighted by Gasteiger charge is -2.28. The lowest BCUT2D eigenvalue weighted by atomic mass is 10.2. The van der Waals surface area contributed by atoms with Gasteiger partial charge in [0.15, 0.2) is 9.84 Å². The molecule has 0 aliphatic carbocycles. The number of carboxylic acid groups (broad SMARTS) is 1. The fraction of sp³-hybridized carbons (Fsp3) is 0.750. The maximum Gasteiger partial charge on any atom is 0.305 e. The molecule has 1 aliphatic rings. The molecule has 7 nitrogen and oxygen atoms in total. The molecule has 1 rings (SSSR count). The second-order valence-corrected chi connectivity index (χ2v) is 5.99. The molecule has 0 unspecified atom stereocenters. The van der Waals surface area contributed by atoms with Crippen molar-refractivity contribution in [3.05, 3.63) is 0 Å². The normalized spacial score (nSPS) is 21.4. The predicted molar refractivity (Wildman–Crippen MR) is 55.5 cm³/mol. The lowest BCUT2D eigenvalue weighted by Crippen LogP contribution is -2.50. The molecular formula is C8H14N2O5S. The smallest absolute Gasteiger partial charge is 0.305 e. The van der Waals surface area contributed by atoms with Crippen molar-refractivity contribution in [3.63, 3.8) is 0 Å². The topological polar surface area (TPSA) is 118 Å². The number of rotatable bonds is 3. The lowest BCUT2D eigenvalue weighted by molar-refractivity contribution is -0.141. The molecule has 1 aliphatic heterocycles. The molecule has 1 atom stereocenters. The van der Waals surface area contributed by atoms with Crippen molar-refractivity contribution in [2.75, 3.05) is 24.6 Å². The molecule has 1 saturated heterocycles. The van der Waals surface area contributed by atoms with Crippen LogP contribution >= 0.6 is 0 Å². The van der Waals surface area contributed by atoms with Gasteiger partial charge in [-0.2, -0.15) is 0 Å². The Bertz CT molecular complexity index is 377. The van der Waals surface area contributed by atoms with E-state index in [1.54, 1.807) is 0 Å². The summed E-state index contributed by atoms with van der Waals surface area (Å²) in [6, 6.07) is -1.10. The van der Waals surface area contributed by atoms with Crippen molar-refractivity contribution in [1.29, 1.82) is 0 Å². The van der Waals surface area contributed by atoms with Crippen LogP contribution in [0.15, 0.2) is 0 Å². The van der Waals surface area contributed by atoms with Crippen LogP contribution in [0.25, 0.3) is 0 Å². The number of sulfone groups is 1. The molecule has 0 bridgehead atoms. The molecule has 0 aromatic heterocycles. The third-order valence-corrected chi connectivity index (χ3v) is 3.98. The van der Waals surface area contributed by atoms with E-state index in [1.807, 2.05) is 0 Å². The number of nitrogens with two attached hydrogens (primary N) is 1. The van der Waals surface area contributed by atoms with Gasteiger partial charge in [0, 0.05) is 13.1 Å². The van der Waals surface area contributed by atoms with Gasteiger partial charge in [0.25, 0.3) is 0 Å². The van der Waals surface area contributed by atoms with Crippen molar-refractivity contribution in [1.82, 2.24) is 4.90 Å². The summed E-state index contributed by atoms with van der Waals surface area (Å²) >= 11 is 0. The number of amides is 1. The average Bonchev–Trinajstić information content (AvgIpc) is 2.15. The monoisotopic (exact) mass is 250 g/mol.